The molecular weight excluding hydrogens is 372 g/mol. The molecule has 2 heterocycles. The average molecular weight is 395 g/mol. The fraction of sp³-hybridized carbons (Fsp3) is 0.389. The minimum absolute atomic E-state index is 0. The second kappa shape index (κ2) is 9.12. The Kier molecular flexibility index (Phi) is 7.14. The van der Waals surface area contributed by atoms with Crippen LogP contribution >= 0.6 is 23.7 Å². The van der Waals surface area contributed by atoms with E-state index in [0.29, 0.717) is 11.2 Å². The third-order valence-corrected chi connectivity index (χ3v) is 4.99. The van der Waals surface area contributed by atoms with Crippen molar-refractivity contribution in [2.24, 2.45) is 5.92 Å². The maximum Gasteiger partial charge on any atom is 0.229 e. The monoisotopic (exact) mass is 394 g/mol. The number of aromatic nitrogens is 1. The van der Waals surface area contributed by atoms with Crippen LogP contribution in [0.4, 0.5) is 10.8 Å². The highest BCUT2D eigenvalue weighted by atomic mass is 35.5. The van der Waals surface area contributed by atoms with Crippen LogP contribution in [0.3, 0.4) is 0 Å². The number of carbonyl (C=O) groups excluding carboxylic acids is 2. The first-order valence-electron chi connectivity index (χ1n) is 8.39. The Morgan fingerprint density at radius 3 is 2.62 bits per heavy atom. The number of nitrogens with zero attached hydrogens (tertiary/aromatic N) is 1. The molecule has 2 amide bonds. The molecule has 6 nitrogen and oxygen atoms in total. The summed E-state index contributed by atoms with van der Waals surface area (Å²) in [6.45, 7) is 4.46. The zero-order valence-corrected chi connectivity index (χ0v) is 16.4. The molecule has 8 heteroatoms. The maximum absolute atomic E-state index is 12.4. The lowest BCUT2D eigenvalue weighted by atomic mass is 9.92. The average Bonchev–Trinajstić information content (AvgIpc) is 3.03. The Balaban J connectivity index is 0.00000243. The van der Waals surface area contributed by atoms with Gasteiger partial charge in [-0.1, -0.05) is 12.1 Å². The molecule has 0 saturated carbocycles. The Morgan fingerprint density at radius 1 is 1.23 bits per heavy atom. The number of benzene rings is 1. The lowest BCUT2D eigenvalue weighted by Crippen LogP contribution is -2.40. The normalized spacial score (nSPS) is 19.3. The molecule has 1 aromatic carbocycles. The van der Waals surface area contributed by atoms with Crippen LogP contribution < -0.4 is 16.0 Å². The molecule has 0 spiro atoms. The van der Waals surface area contributed by atoms with Crippen LogP contribution in [0.15, 0.2) is 29.6 Å². The van der Waals surface area contributed by atoms with Crippen molar-refractivity contribution in [1.82, 2.24) is 10.3 Å². The van der Waals surface area contributed by atoms with Gasteiger partial charge in [-0.15, -0.1) is 23.7 Å². The van der Waals surface area contributed by atoms with Gasteiger partial charge in [0.1, 0.15) is 0 Å². The topological polar surface area (TPSA) is 83.1 Å². The highest BCUT2D eigenvalue weighted by Crippen LogP contribution is 2.27. The SMILES string of the molecule is CC(=O)Nc1ccc(-c2csc(NC(=O)[C@H]3CCN[C@@H](C)C3)n2)cc1.Cl. The van der Waals surface area contributed by atoms with Gasteiger partial charge in [-0.2, -0.15) is 0 Å². The summed E-state index contributed by atoms with van der Waals surface area (Å²) in [7, 11) is 0. The summed E-state index contributed by atoms with van der Waals surface area (Å²) >= 11 is 1.42. The predicted molar refractivity (Wildman–Crippen MR) is 108 cm³/mol. The Hall–Kier alpha value is -1.96. The molecule has 0 aliphatic carbocycles. The number of nitrogens with one attached hydrogen (secondary N) is 3. The summed E-state index contributed by atoms with van der Waals surface area (Å²) in [6, 6.07) is 7.86. The second-order valence-corrected chi connectivity index (χ2v) is 7.22. The molecular formula is C18H23ClN4O2S. The van der Waals surface area contributed by atoms with E-state index in [-0.39, 0.29) is 30.1 Å². The third-order valence-electron chi connectivity index (χ3n) is 4.23. The molecule has 0 radical (unpaired) electrons. The number of hydrogen-bond donors (Lipinski definition) is 3. The van der Waals surface area contributed by atoms with Crippen LogP contribution in [0, 0.1) is 5.92 Å². The minimum Gasteiger partial charge on any atom is -0.326 e. The Morgan fingerprint density at radius 2 is 1.96 bits per heavy atom. The van der Waals surface area contributed by atoms with Crippen LogP contribution in [0.5, 0.6) is 0 Å². The number of carbonyl (C=O) groups is 2. The van der Waals surface area contributed by atoms with Gasteiger partial charge in [-0.3, -0.25) is 9.59 Å². The Labute approximate surface area is 163 Å². The van der Waals surface area contributed by atoms with Gasteiger partial charge in [0.05, 0.1) is 5.69 Å². The molecule has 3 N–H and O–H groups in total. The van der Waals surface area contributed by atoms with Crippen molar-refractivity contribution in [3.63, 3.8) is 0 Å². The highest BCUT2D eigenvalue weighted by molar-refractivity contribution is 7.14. The molecule has 2 atom stereocenters. The minimum atomic E-state index is -0.0985. The van der Waals surface area contributed by atoms with E-state index in [0.717, 1.165) is 36.3 Å². The standard InChI is InChI=1S/C18H22N4O2S.ClH/c1-11-9-14(7-8-19-11)17(24)22-18-21-16(10-25-18)13-3-5-15(6-4-13)20-12(2)23;/h3-6,10-11,14,19H,7-9H2,1-2H3,(H,20,23)(H,21,22,24);1H/t11-,14-;/m0./s1. The van der Waals surface area contributed by atoms with Gasteiger partial charge in [0.25, 0.3) is 0 Å². The van der Waals surface area contributed by atoms with E-state index in [2.05, 4.69) is 27.9 Å². The molecule has 0 bridgehead atoms. The summed E-state index contributed by atoms with van der Waals surface area (Å²) in [5.41, 5.74) is 2.51. The Bertz CT molecular complexity index is 763. The van der Waals surface area contributed by atoms with E-state index in [1.54, 1.807) is 0 Å². The smallest absolute Gasteiger partial charge is 0.229 e. The largest absolute Gasteiger partial charge is 0.326 e. The molecule has 2 aromatic rings. The van der Waals surface area contributed by atoms with Crippen molar-refractivity contribution in [3.05, 3.63) is 29.6 Å². The van der Waals surface area contributed by atoms with E-state index in [4.69, 9.17) is 0 Å². The number of anilines is 2. The van der Waals surface area contributed by atoms with Gasteiger partial charge in [0, 0.05) is 35.5 Å². The first kappa shape index (κ1) is 20.4. The van der Waals surface area contributed by atoms with Gasteiger partial charge in [-0.05, 0) is 38.4 Å². The molecule has 140 valence electrons. The summed E-state index contributed by atoms with van der Waals surface area (Å²) < 4.78 is 0. The van der Waals surface area contributed by atoms with Gasteiger partial charge in [0.15, 0.2) is 5.13 Å². The van der Waals surface area contributed by atoms with Crippen molar-refractivity contribution < 1.29 is 9.59 Å². The van der Waals surface area contributed by atoms with Gasteiger partial charge in [0.2, 0.25) is 11.8 Å². The number of thiazole rings is 1. The van der Waals surface area contributed by atoms with Gasteiger partial charge >= 0.3 is 0 Å². The summed E-state index contributed by atoms with van der Waals surface area (Å²) in [4.78, 5) is 28.0. The van der Waals surface area contributed by atoms with Crippen LogP contribution in [-0.2, 0) is 9.59 Å². The van der Waals surface area contributed by atoms with E-state index in [1.807, 2.05) is 29.6 Å². The van der Waals surface area contributed by atoms with E-state index in [1.165, 1.54) is 18.3 Å². The lowest BCUT2D eigenvalue weighted by Gasteiger charge is -2.26. The number of hydrogen-bond acceptors (Lipinski definition) is 5. The molecule has 1 fully saturated rings. The first-order valence-corrected chi connectivity index (χ1v) is 9.27. The molecule has 1 aromatic heterocycles. The van der Waals surface area contributed by atoms with Gasteiger partial charge < -0.3 is 16.0 Å². The van der Waals surface area contributed by atoms with E-state index < -0.39 is 0 Å². The molecule has 1 aliphatic rings. The fourth-order valence-corrected chi connectivity index (χ4v) is 3.69. The van der Waals surface area contributed by atoms with Crippen LogP contribution in [-0.4, -0.2) is 29.4 Å². The molecule has 3 rings (SSSR count). The predicted octanol–water partition coefficient (Wildman–Crippen LogP) is 3.52. The molecule has 1 aliphatic heterocycles. The van der Waals surface area contributed by atoms with Crippen LogP contribution in [0.2, 0.25) is 0 Å². The number of halogens is 1. The fourth-order valence-electron chi connectivity index (χ4n) is 2.97. The van der Waals surface area contributed by atoms with E-state index in [9.17, 15) is 9.59 Å². The van der Waals surface area contributed by atoms with Crippen molar-refractivity contribution in [2.45, 2.75) is 32.7 Å². The maximum atomic E-state index is 12.4. The zero-order valence-electron chi connectivity index (χ0n) is 14.7. The lowest BCUT2D eigenvalue weighted by molar-refractivity contribution is -0.121. The van der Waals surface area contributed by atoms with Crippen molar-refractivity contribution in [3.8, 4) is 11.3 Å². The molecule has 0 unspecified atom stereocenters. The first-order chi connectivity index (χ1) is 12.0. The second-order valence-electron chi connectivity index (χ2n) is 6.36. The van der Waals surface area contributed by atoms with Gasteiger partial charge in [-0.25, -0.2) is 4.98 Å². The van der Waals surface area contributed by atoms with Crippen LogP contribution in [0.1, 0.15) is 26.7 Å². The van der Waals surface area contributed by atoms with Crippen molar-refractivity contribution in [1.29, 1.82) is 0 Å². The molecule has 1 saturated heterocycles. The third kappa shape index (κ3) is 5.27. The number of amides is 2. The molecule has 26 heavy (non-hydrogen) atoms. The highest BCUT2D eigenvalue weighted by Gasteiger charge is 2.25. The summed E-state index contributed by atoms with van der Waals surface area (Å²) in [5, 5.41) is 11.6. The number of piperidine rings is 1. The van der Waals surface area contributed by atoms with Crippen LogP contribution in [0.25, 0.3) is 11.3 Å². The van der Waals surface area contributed by atoms with Crippen molar-refractivity contribution >= 4 is 46.4 Å². The van der Waals surface area contributed by atoms with Crippen molar-refractivity contribution in [2.75, 3.05) is 17.2 Å². The number of rotatable bonds is 4. The quantitative estimate of drug-likeness (QED) is 0.740. The van der Waals surface area contributed by atoms with E-state index >= 15 is 0 Å². The summed E-state index contributed by atoms with van der Waals surface area (Å²) in [5.74, 6) is -0.00515. The zero-order chi connectivity index (χ0) is 17.8. The summed E-state index contributed by atoms with van der Waals surface area (Å²) in [6.07, 6.45) is 1.72.